The number of nitrogens with zero attached hydrogens (tertiary/aromatic N) is 13. The van der Waals surface area contributed by atoms with E-state index in [9.17, 15) is 60.8 Å². The van der Waals surface area contributed by atoms with Gasteiger partial charge in [-0.25, -0.2) is 19.1 Å². The van der Waals surface area contributed by atoms with Gasteiger partial charge in [0.15, 0.2) is 5.82 Å². The average Bonchev–Trinajstić information content (AvgIpc) is 1.23. The topological polar surface area (TPSA) is 359 Å². The predicted molar refractivity (Wildman–Crippen MR) is 560 cm³/mol. The third-order valence-corrected chi connectivity index (χ3v) is 25.2. The first-order valence-corrected chi connectivity index (χ1v) is 48.7. The lowest BCUT2D eigenvalue weighted by Gasteiger charge is -2.32. The molecular formula is C105H142F6N18O13S2. The van der Waals surface area contributed by atoms with Crippen molar-refractivity contribution in [3.63, 3.8) is 0 Å². The maximum atomic E-state index is 12.8. The summed E-state index contributed by atoms with van der Waals surface area (Å²) >= 11 is 11.3. The first-order valence-electron chi connectivity index (χ1n) is 47.9. The maximum absolute atomic E-state index is 12.8. The number of phenols is 3. The van der Waals surface area contributed by atoms with Gasteiger partial charge in [0.2, 0.25) is 5.82 Å². The van der Waals surface area contributed by atoms with Gasteiger partial charge in [-0.3, -0.25) is 33.8 Å². The van der Waals surface area contributed by atoms with Gasteiger partial charge in [0, 0.05) is 167 Å². The molecule has 4 fully saturated rings. The second-order valence-corrected chi connectivity index (χ2v) is 37.3. The summed E-state index contributed by atoms with van der Waals surface area (Å²) < 4.78 is 108. The molecule has 0 radical (unpaired) electrons. The number of thiocarbonyl (C=S) groups is 1. The minimum atomic E-state index is -4.59. The fourth-order valence-electron chi connectivity index (χ4n) is 16.1. The lowest BCUT2D eigenvalue weighted by Crippen LogP contribution is -2.43. The highest BCUT2D eigenvalue weighted by molar-refractivity contribution is 7.81. The van der Waals surface area contributed by atoms with Gasteiger partial charge in [-0.2, -0.15) is 26.3 Å². The van der Waals surface area contributed by atoms with Gasteiger partial charge in [0.1, 0.15) is 74.4 Å². The first kappa shape index (κ1) is 117. The molecule has 4 aliphatic rings. The molecule has 31 nitrogen and oxygen atoms in total. The minimum absolute atomic E-state index is 0. The summed E-state index contributed by atoms with van der Waals surface area (Å²) in [4.78, 5) is 70.7. The Kier molecular flexibility index (Phi) is 44.9. The molecule has 11 N–H and O–H groups in total. The molecule has 4 aliphatic heterocycles. The normalized spacial score (nSPS) is 14.9. The summed E-state index contributed by atoms with van der Waals surface area (Å²) in [5.41, 5.74) is 19.6. The SMILES string of the molecule is CC.CCOC(=O)C(=O)NCC(F)(F)F.COc1cc(O)c(-c2nnc(C(=O)NCC(F)(F)F)n2-c2ccc(CN3CCN(C)CC3)cc2)cc1C(C)C.COc1cc(O)c(C(=S)Nc2ccc(CN3CCN(C)CC3)cc2)cc1C(C)C.COc1cc(O)c(C(N)=Nc2ccc(CN3CCN(C)CC3)cc2)cc1C(C)C.COc1cc2oc(=O)n(-c3ccc(CN4CCN(C)CC4)cc3)c(=S)c2cc1C(C)C.N. The van der Waals surface area contributed by atoms with Crippen LogP contribution in [0.3, 0.4) is 0 Å². The number of aromatic hydroxyl groups is 3. The predicted octanol–water partition coefficient (Wildman–Crippen LogP) is 16.8. The number of carbonyl (C=O) groups is 3. The second-order valence-electron chi connectivity index (χ2n) is 36.5. The molecule has 0 spiro atoms. The van der Waals surface area contributed by atoms with E-state index in [-0.39, 0.29) is 70.9 Å². The van der Waals surface area contributed by atoms with Crippen LogP contribution < -0.4 is 52.5 Å². The van der Waals surface area contributed by atoms with Crippen molar-refractivity contribution in [2.45, 2.75) is 138 Å². The zero-order valence-electron chi connectivity index (χ0n) is 86.0. The molecule has 0 aliphatic carbocycles. The number of fused-ring (bicyclic) bond motifs is 1. The summed E-state index contributed by atoms with van der Waals surface area (Å²) in [6.45, 7) is 39.4. The van der Waals surface area contributed by atoms with E-state index in [0.29, 0.717) is 66.5 Å². The standard InChI is InChI=1S/C27H33F3N6O3.C24H29N3O3S.C23H32N4O2.C23H31N3O2S.C6H8F3NO3.C2H6.H3N/c1-17(2)20-13-21(22(37)14-23(20)39-4)24-32-33-25(26(38)31-16-27(28,29)30)36(24)19-7-5-18(6-8-19)15-35-11-9-34(3)10-12-35;1-16(2)19-13-20-22(14-21(19)29-4)30-24(28)27(23(20)31)18-7-5-17(6-8-18)15-26-11-9-25(3)10-12-26;1-16(2)19-13-20(21(28)14-22(19)29-4)23(24)25-18-7-5-17(6-8-18)15-27-11-9-26(3)10-12-27;1-16(2)19-13-20(21(27)14-22(19)28-4)23(29)24-18-7-5-17(6-8-18)15-26-11-9-25(3)10-12-26;1-2-13-5(12)4(11)10-3-6(7,8)9;1-2;/h5-8,13-14,17,37H,9-12,15-16H2,1-4H3,(H,31,38);5-8,13-14,16H,9-12,15H2,1-4H3;5-8,13-14,16,28H,9-12,15H2,1-4H3,(H2,24,25);5-8,13-14,16,27H,9-12,15H2,1-4H3,(H,24,29);2-3H2,1H3,(H,10,11);1-2H3;1H3. The lowest BCUT2D eigenvalue weighted by atomic mass is 9.98. The number of hydrogen-bond acceptors (Lipinski definition) is 27. The van der Waals surface area contributed by atoms with Crippen LogP contribution in [0.4, 0.5) is 37.7 Å². The number of hydrogen-bond donors (Lipinski definition) is 8. The molecule has 144 heavy (non-hydrogen) atoms. The molecule has 8 aromatic carbocycles. The summed E-state index contributed by atoms with van der Waals surface area (Å²) in [6.07, 6.45) is -9.11. The number of amides is 2. The van der Waals surface area contributed by atoms with Gasteiger partial charge in [0.05, 0.1) is 68.5 Å². The number of alkyl halides is 6. The van der Waals surface area contributed by atoms with Crippen molar-refractivity contribution in [1.82, 2.24) is 75.3 Å². The Morgan fingerprint density at radius 2 is 0.840 bits per heavy atom. The van der Waals surface area contributed by atoms with Crippen molar-refractivity contribution in [2.24, 2.45) is 10.7 Å². The van der Waals surface area contributed by atoms with Gasteiger partial charge >= 0.3 is 30.0 Å². The number of aromatic nitrogens is 4. The van der Waals surface area contributed by atoms with Crippen molar-refractivity contribution in [1.29, 1.82) is 0 Å². The van der Waals surface area contributed by atoms with Crippen LogP contribution in [-0.2, 0) is 40.5 Å². The summed E-state index contributed by atoms with van der Waals surface area (Å²) in [5.74, 6) is -0.844. The first-order chi connectivity index (χ1) is 67.9. The van der Waals surface area contributed by atoms with Crippen molar-refractivity contribution in [2.75, 3.05) is 186 Å². The highest BCUT2D eigenvalue weighted by Crippen LogP contribution is 2.41. The number of anilines is 1. The molecule has 14 rings (SSSR count). The Balaban J connectivity index is 0.000000225. The van der Waals surface area contributed by atoms with Gasteiger partial charge in [0.25, 0.3) is 5.91 Å². The number of likely N-dealkylation sites (N-methyl/N-ethyl adjacent to an activating group) is 4. The van der Waals surface area contributed by atoms with Crippen molar-refractivity contribution in [3.8, 4) is 63.0 Å². The number of ether oxygens (including phenoxy) is 5. The fraction of sp³-hybridized carbons (Fsp3) is 0.457. The van der Waals surface area contributed by atoms with E-state index in [2.05, 4.69) is 171 Å². The van der Waals surface area contributed by atoms with Gasteiger partial charge < -0.3 is 90.9 Å². The number of carbonyl (C=O) groups excluding carboxylic acids is 3. The maximum Gasteiger partial charge on any atom is 0.425 e. The van der Waals surface area contributed by atoms with E-state index in [1.165, 1.54) is 51.2 Å². The molecule has 6 heterocycles. The number of nitrogens with one attached hydrogen (secondary N) is 3. The molecule has 2 aromatic heterocycles. The second kappa shape index (κ2) is 55.2. The number of phenolic OH excluding ortho intramolecular Hbond substituents is 3. The number of rotatable bonds is 27. The summed E-state index contributed by atoms with van der Waals surface area (Å²) in [6, 6.07) is 45.7. The molecule has 0 atom stereocenters. The van der Waals surface area contributed by atoms with Crippen LogP contribution in [0.1, 0.15) is 166 Å². The largest absolute Gasteiger partial charge is 0.507 e. The Morgan fingerprint density at radius 1 is 0.486 bits per heavy atom. The number of halogens is 6. The van der Waals surface area contributed by atoms with Crippen LogP contribution in [0.15, 0.2) is 160 Å². The number of benzene rings is 8. The van der Waals surface area contributed by atoms with E-state index in [1.54, 1.807) is 57.7 Å². The van der Waals surface area contributed by atoms with E-state index in [1.807, 2.05) is 99.7 Å². The number of esters is 1. The molecule has 10 aromatic rings. The van der Waals surface area contributed by atoms with E-state index < -0.39 is 49.0 Å². The smallest absolute Gasteiger partial charge is 0.425 e. The number of methoxy groups -OCH3 is 4. The van der Waals surface area contributed by atoms with Crippen LogP contribution in [0.5, 0.6) is 40.2 Å². The molecule has 39 heteroatoms. The van der Waals surface area contributed by atoms with Gasteiger partial charge in [-0.15, -0.1) is 10.2 Å². The van der Waals surface area contributed by atoms with Crippen LogP contribution in [-0.4, -0.2) is 296 Å². The number of piperazine rings is 4. The summed E-state index contributed by atoms with van der Waals surface area (Å²) in [7, 11) is 14.9. The Labute approximate surface area is 850 Å². The molecule has 4 saturated heterocycles. The molecule has 0 bridgehead atoms. The Morgan fingerprint density at radius 3 is 1.24 bits per heavy atom. The minimum Gasteiger partial charge on any atom is -0.507 e. The number of amidine groups is 1. The van der Waals surface area contributed by atoms with Crippen molar-refractivity contribution < 1.29 is 84.1 Å². The van der Waals surface area contributed by atoms with Crippen LogP contribution in [0.25, 0.3) is 33.7 Å². The molecule has 0 saturated carbocycles. The number of nitrogens with two attached hydrogens (primary N) is 1. The zero-order valence-corrected chi connectivity index (χ0v) is 87.7. The molecule has 2 amide bonds. The fourth-order valence-corrected chi connectivity index (χ4v) is 16.7. The zero-order chi connectivity index (χ0) is 105. The Hall–Kier alpha value is -12.2. The van der Waals surface area contributed by atoms with Crippen molar-refractivity contribution in [3.05, 3.63) is 222 Å². The molecule has 0 unspecified atom stereocenters. The van der Waals surface area contributed by atoms with Crippen LogP contribution in [0.2, 0.25) is 0 Å². The highest BCUT2D eigenvalue weighted by atomic mass is 32.1. The summed E-state index contributed by atoms with van der Waals surface area (Å²) in [5, 5.41) is 46.9. The third kappa shape index (κ3) is 34.0. The van der Waals surface area contributed by atoms with E-state index in [0.717, 1.165) is 175 Å². The third-order valence-electron chi connectivity index (χ3n) is 24.5. The number of aliphatic imine (C=N–C) groups is 1. The Bertz CT molecular complexity index is 6000. The van der Waals surface area contributed by atoms with Crippen LogP contribution in [0, 0.1) is 4.64 Å². The molecular weight excluding hydrogens is 1900 g/mol. The highest BCUT2D eigenvalue weighted by Gasteiger charge is 2.33. The lowest BCUT2D eigenvalue weighted by molar-refractivity contribution is -0.158. The average molecular weight is 2040 g/mol. The monoisotopic (exact) mass is 2040 g/mol. The van der Waals surface area contributed by atoms with Crippen LogP contribution >= 0.6 is 24.4 Å². The molecule has 784 valence electrons. The van der Waals surface area contributed by atoms with E-state index in [4.69, 9.17) is 53.5 Å². The van der Waals surface area contributed by atoms with Gasteiger partial charge in [-0.1, -0.05) is 142 Å². The van der Waals surface area contributed by atoms with E-state index >= 15 is 0 Å². The quantitative estimate of drug-likeness (QED) is 0.00592. The van der Waals surface area contributed by atoms with Crippen molar-refractivity contribution >= 4 is 75.4 Å². The van der Waals surface area contributed by atoms with Gasteiger partial charge in [-0.05, 0) is 176 Å².